The van der Waals surface area contributed by atoms with Crippen LogP contribution in [0, 0.1) is 0 Å². The molecule has 0 aliphatic heterocycles. The first-order chi connectivity index (χ1) is 7.27. The molecular weight excluding hydrogens is 273 g/mol. The molecule has 2 rings (SSSR count). The van der Waals surface area contributed by atoms with Crippen LogP contribution in [0.1, 0.15) is 0 Å². The fraction of sp³-hybridized carbons (Fsp3) is 0. The first-order valence-electron chi connectivity index (χ1n) is 4.53. The van der Waals surface area contributed by atoms with Gasteiger partial charge >= 0.3 is 0 Å². The van der Waals surface area contributed by atoms with Gasteiger partial charge in [-0.25, -0.2) is 0 Å². The van der Waals surface area contributed by atoms with Crippen LogP contribution in [-0.2, 0) is 0 Å². The van der Waals surface area contributed by atoms with Crippen molar-refractivity contribution in [2.24, 2.45) is 0 Å². The van der Waals surface area contributed by atoms with Gasteiger partial charge in [0.1, 0.15) is 0 Å². The minimum atomic E-state index is 0.716. The zero-order valence-electron chi connectivity index (χ0n) is 7.87. The van der Waals surface area contributed by atoms with Gasteiger partial charge in [-0.05, 0) is 40.2 Å². The van der Waals surface area contributed by atoms with Crippen molar-refractivity contribution in [3.8, 4) is 0 Å². The molecule has 2 aromatic carbocycles. The third kappa shape index (κ3) is 2.52. The van der Waals surface area contributed by atoms with E-state index in [4.69, 9.17) is 11.6 Å². The van der Waals surface area contributed by atoms with Gasteiger partial charge in [-0.15, -0.1) is 0 Å². The summed E-state index contributed by atoms with van der Waals surface area (Å²) >= 11 is 9.52. The molecule has 0 aromatic heterocycles. The van der Waals surface area contributed by atoms with E-state index < -0.39 is 0 Å². The monoisotopic (exact) mass is 281 g/mol. The lowest BCUT2D eigenvalue weighted by Gasteiger charge is -2.09. The maximum Gasteiger partial charge on any atom is 0.0640 e. The maximum atomic E-state index is 6.05. The summed E-state index contributed by atoms with van der Waals surface area (Å²) in [6.07, 6.45) is 0. The number of para-hydroxylation sites is 2. The fourth-order valence-electron chi connectivity index (χ4n) is 1.27. The van der Waals surface area contributed by atoms with Crippen molar-refractivity contribution in [1.29, 1.82) is 0 Å². The van der Waals surface area contributed by atoms with Crippen molar-refractivity contribution in [2.45, 2.75) is 0 Å². The summed E-state index contributed by atoms with van der Waals surface area (Å²) in [6.45, 7) is 0. The molecule has 0 heterocycles. The first-order valence-corrected chi connectivity index (χ1v) is 5.70. The quantitative estimate of drug-likeness (QED) is 0.830. The van der Waals surface area contributed by atoms with Crippen molar-refractivity contribution in [2.75, 3.05) is 5.32 Å². The Kier molecular flexibility index (Phi) is 3.29. The molecule has 0 aliphatic rings. The molecule has 0 unspecified atom stereocenters. The molecule has 0 aliphatic carbocycles. The Balaban J connectivity index is 2.30. The number of halogens is 2. The lowest BCUT2D eigenvalue weighted by atomic mass is 10.3. The Morgan fingerprint density at radius 2 is 1.47 bits per heavy atom. The lowest BCUT2D eigenvalue weighted by molar-refractivity contribution is 1.52. The zero-order valence-corrected chi connectivity index (χ0v) is 10.2. The zero-order chi connectivity index (χ0) is 10.7. The highest BCUT2D eigenvalue weighted by molar-refractivity contribution is 9.10. The molecule has 76 valence electrons. The van der Waals surface area contributed by atoms with E-state index in [1.165, 1.54) is 0 Å². The van der Waals surface area contributed by atoms with E-state index in [1.54, 1.807) is 0 Å². The fourth-order valence-corrected chi connectivity index (χ4v) is 1.84. The van der Waals surface area contributed by atoms with Crippen LogP contribution in [0.15, 0.2) is 53.0 Å². The second-order valence-electron chi connectivity index (χ2n) is 3.08. The number of anilines is 2. The maximum absolute atomic E-state index is 6.05. The minimum absolute atomic E-state index is 0.716. The molecule has 2 aromatic rings. The van der Waals surface area contributed by atoms with Crippen LogP contribution < -0.4 is 5.32 Å². The van der Waals surface area contributed by atoms with Crippen LogP contribution in [0.25, 0.3) is 0 Å². The van der Waals surface area contributed by atoms with Crippen molar-refractivity contribution >= 4 is 38.9 Å². The van der Waals surface area contributed by atoms with Gasteiger partial charge in [0.15, 0.2) is 0 Å². The Labute approximate surface area is 102 Å². The van der Waals surface area contributed by atoms with Crippen LogP contribution in [0.5, 0.6) is 0 Å². The van der Waals surface area contributed by atoms with Gasteiger partial charge < -0.3 is 5.32 Å². The number of hydrogen-bond donors (Lipinski definition) is 1. The largest absolute Gasteiger partial charge is 0.353 e. The number of benzene rings is 2. The standard InChI is InChI=1S/C12H9BrClN/c13-9-5-1-3-7-11(9)15-12-8-4-2-6-10(12)14/h1-8,15H. The normalized spacial score (nSPS) is 10.0. The Morgan fingerprint density at radius 3 is 2.13 bits per heavy atom. The third-order valence-electron chi connectivity index (χ3n) is 2.02. The molecule has 15 heavy (non-hydrogen) atoms. The summed E-state index contributed by atoms with van der Waals surface area (Å²) in [4.78, 5) is 0. The van der Waals surface area contributed by atoms with E-state index in [0.29, 0.717) is 5.02 Å². The van der Waals surface area contributed by atoms with E-state index >= 15 is 0 Å². The highest BCUT2D eigenvalue weighted by Gasteiger charge is 2.01. The van der Waals surface area contributed by atoms with Gasteiger partial charge in [0, 0.05) is 4.47 Å². The van der Waals surface area contributed by atoms with E-state index in [2.05, 4.69) is 21.2 Å². The van der Waals surface area contributed by atoms with Gasteiger partial charge in [0.25, 0.3) is 0 Å². The molecule has 0 bridgehead atoms. The molecular formula is C12H9BrClN. The van der Waals surface area contributed by atoms with Gasteiger partial charge in [-0.2, -0.15) is 0 Å². The van der Waals surface area contributed by atoms with E-state index in [0.717, 1.165) is 15.8 Å². The molecule has 0 amide bonds. The predicted molar refractivity (Wildman–Crippen MR) is 68.9 cm³/mol. The second kappa shape index (κ2) is 4.69. The van der Waals surface area contributed by atoms with Crippen LogP contribution >= 0.6 is 27.5 Å². The van der Waals surface area contributed by atoms with E-state index in [-0.39, 0.29) is 0 Å². The number of rotatable bonds is 2. The molecule has 0 atom stereocenters. The van der Waals surface area contributed by atoms with Crippen LogP contribution in [0.2, 0.25) is 5.02 Å². The predicted octanol–water partition coefficient (Wildman–Crippen LogP) is 4.85. The highest BCUT2D eigenvalue weighted by atomic mass is 79.9. The summed E-state index contributed by atoms with van der Waals surface area (Å²) in [6, 6.07) is 15.6. The van der Waals surface area contributed by atoms with E-state index in [9.17, 15) is 0 Å². The molecule has 1 N–H and O–H groups in total. The smallest absolute Gasteiger partial charge is 0.0640 e. The Morgan fingerprint density at radius 1 is 0.867 bits per heavy atom. The summed E-state index contributed by atoms with van der Waals surface area (Å²) in [5.41, 5.74) is 1.91. The van der Waals surface area contributed by atoms with Crippen LogP contribution in [0.3, 0.4) is 0 Å². The molecule has 0 saturated carbocycles. The number of hydrogen-bond acceptors (Lipinski definition) is 1. The number of nitrogens with one attached hydrogen (secondary N) is 1. The SMILES string of the molecule is Clc1ccccc1Nc1ccccc1Br. The molecule has 0 fully saturated rings. The van der Waals surface area contributed by atoms with E-state index in [1.807, 2.05) is 48.5 Å². The molecule has 1 nitrogen and oxygen atoms in total. The van der Waals surface area contributed by atoms with Gasteiger partial charge in [-0.3, -0.25) is 0 Å². The first kappa shape index (κ1) is 10.5. The van der Waals surface area contributed by atoms with Crippen molar-refractivity contribution in [3.63, 3.8) is 0 Å². The topological polar surface area (TPSA) is 12.0 Å². The lowest BCUT2D eigenvalue weighted by Crippen LogP contribution is -1.91. The van der Waals surface area contributed by atoms with Crippen molar-refractivity contribution in [1.82, 2.24) is 0 Å². The molecule has 0 radical (unpaired) electrons. The van der Waals surface area contributed by atoms with Crippen LogP contribution in [0.4, 0.5) is 11.4 Å². The molecule has 0 spiro atoms. The average Bonchev–Trinajstić information content (AvgIpc) is 2.24. The summed E-state index contributed by atoms with van der Waals surface area (Å²) < 4.78 is 1.02. The third-order valence-corrected chi connectivity index (χ3v) is 3.04. The second-order valence-corrected chi connectivity index (χ2v) is 4.35. The highest BCUT2D eigenvalue weighted by Crippen LogP contribution is 2.29. The Hall–Kier alpha value is -0.990. The average molecular weight is 283 g/mol. The summed E-state index contributed by atoms with van der Waals surface area (Å²) in [5.74, 6) is 0. The molecule has 3 heteroatoms. The van der Waals surface area contributed by atoms with Crippen LogP contribution in [-0.4, -0.2) is 0 Å². The van der Waals surface area contributed by atoms with Gasteiger partial charge in [-0.1, -0.05) is 35.9 Å². The summed E-state index contributed by atoms with van der Waals surface area (Å²) in [5, 5.41) is 3.98. The summed E-state index contributed by atoms with van der Waals surface area (Å²) in [7, 11) is 0. The molecule has 0 saturated heterocycles. The van der Waals surface area contributed by atoms with Crippen molar-refractivity contribution in [3.05, 3.63) is 58.0 Å². The van der Waals surface area contributed by atoms with Gasteiger partial charge in [0.2, 0.25) is 0 Å². The minimum Gasteiger partial charge on any atom is -0.353 e. The Bertz CT molecular complexity index is 427. The van der Waals surface area contributed by atoms with Gasteiger partial charge in [0.05, 0.1) is 16.4 Å². The van der Waals surface area contributed by atoms with Crippen molar-refractivity contribution < 1.29 is 0 Å².